The molecule has 1 aromatic rings. The molecule has 0 bridgehead atoms. The Hall–Kier alpha value is -1.82. The average Bonchev–Trinajstić information content (AvgIpc) is 2.59. The number of thioether (sulfide) groups is 1. The number of amides is 2. The van der Waals surface area contributed by atoms with E-state index in [0.29, 0.717) is 16.9 Å². The number of fused-ring (bicyclic) bond motifs is 1. The number of imide groups is 1. The molecule has 94 valence electrons. The summed E-state index contributed by atoms with van der Waals surface area (Å²) in [6.07, 6.45) is 0. The second kappa shape index (κ2) is 5.22. The third kappa shape index (κ3) is 2.38. The first-order chi connectivity index (χ1) is 8.61. The van der Waals surface area contributed by atoms with Gasteiger partial charge in [-0.2, -0.15) is 0 Å². The summed E-state index contributed by atoms with van der Waals surface area (Å²) >= 11 is 1.19. The molecule has 0 atom stereocenters. The Kier molecular flexibility index (Phi) is 3.66. The molecule has 0 spiro atoms. The number of carbonyl (C=O) groups is 3. The van der Waals surface area contributed by atoms with Crippen molar-refractivity contribution in [3.8, 4) is 0 Å². The fraction of sp³-hybridized carbons (Fsp3) is 0.250. The second-order valence-electron chi connectivity index (χ2n) is 3.75. The Morgan fingerprint density at radius 2 is 1.72 bits per heavy atom. The highest BCUT2D eigenvalue weighted by atomic mass is 32.2. The first kappa shape index (κ1) is 12.6. The molecule has 1 aliphatic heterocycles. The lowest BCUT2D eigenvalue weighted by molar-refractivity contribution is -0.133. The van der Waals surface area contributed by atoms with Crippen LogP contribution in [-0.4, -0.2) is 45.8 Å². The van der Waals surface area contributed by atoms with Gasteiger partial charge in [-0.1, -0.05) is 12.1 Å². The van der Waals surface area contributed by atoms with Crippen LogP contribution in [0.5, 0.6) is 0 Å². The van der Waals surface area contributed by atoms with E-state index in [4.69, 9.17) is 5.11 Å². The molecule has 0 aliphatic carbocycles. The summed E-state index contributed by atoms with van der Waals surface area (Å²) in [7, 11) is 0. The highest BCUT2D eigenvalue weighted by Gasteiger charge is 2.34. The summed E-state index contributed by atoms with van der Waals surface area (Å²) in [4.78, 5) is 35.3. The number of carboxylic acids is 1. The number of nitrogens with zero attached hydrogens (tertiary/aromatic N) is 1. The van der Waals surface area contributed by atoms with Crippen molar-refractivity contribution in [2.45, 2.75) is 0 Å². The van der Waals surface area contributed by atoms with Crippen molar-refractivity contribution in [3.63, 3.8) is 0 Å². The Morgan fingerprint density at radius 3 is 2.22 bits per heavy atom. The molecule has 18 heavy (non-hydrogen) atoms. The average molecular weight is 265 g/mol. The van der Waals surface area contributed by atoms with Crippen LogP contribution in [0.4, 0.5) is 0 Å². The molecule has 5 nitrogen and oxygen atoms in total. The van der Waals surface area contributed by atoms with Crippen LogP contribution in [0.1, 0.15) is 20.7 Å². The smallest absolute Gasteiger partial charge is 0.313 e. The lowest BCUT2D eigenvalue weighted by Crippen LogP contribution is -2.32. The Bertz CT molecular complexity index is 480. The van der Waals surface area contributed by atoms with Crippen LogP contribution >= 0.6 is 11.8 Å². The normalized spacial score (nSPS) is 13.9. The predicted octanol–water partition coefficient (Wildman–Crippen LogP) is 1.10. The molecule has 0 fully saturated rings. The second-order valence-corrected chi connectivity index (χ2v) is 4.86. The number of carbonyl (C=O) groups excluding carboxylic acids is 2. The summed E-state index contributed by atoms with van der Waals surface area (Å²) in [5.41, 5.74) is 0.844. The third-order valence-electron chi connectivity index (χ3n) is 2.56. The monoisotopic (exact) mass is 265 g/mol. The van der Waals surface area contributed by atoms with Crippen molar-refractivity contribution in [1.82, 2.24) is 4.90 Å². The van der Waals surface area contributed by atoms with Crippen LogP contribution in [0.3, 0.4) is 0 Å². The van der Waals surface area contributed by atoms with E-state index in [1.165, 1.54) is 16.7 Å². The van der Waals surface area contributed by atoms with Gasteiger partial charge in [0.05, 0.1) is 16.9 Å². The standard InChI is InChI=1S/C12H11NO4S/c14-10(15)7-18-6-5-13-11(16)8-3-1-2-4-9(8)12(13)17/h1-4H,5-7H2,(H,14,15). The van der Waals surface area contributed by atoms with Gasteiger partial charge < -0.3 is 5.11 Å². The van der Waals surface area contributed by atoms with Gasteiger partial charge in [-0.05, 0) is 12.1 Å². The van der Waals surface area contributed by atoms with Gasteiger partial charge in [-0.15, -0.1) is 11.8 Å². The zero-order chi connectivity index (χ0) is 13.1. The van der Waals surface area contributed by atoms with Crippen LogP contribution < -0.4 is 0 Å². The summed E-state index contributed by atoms with van der Waals surface area (Å²) in [5.74, 6) is -1.10. The van der Waals surface area contributed by atoms with Crippen molar-refractivity contribution in [2.24, 2.45) is 0 Å². The van der Waals surface area contributed by atoms with Crippen LogP contribution in [0.25, 0.3) is 0 Å². The molecule has 2 amide bonds. The fourth-order valence-electron chi connectivity index (χ4n) is 1.76. The number of carboxylic acid groups (broad SMARTS) is 1. The minimum absolute atomic E-state index is 0.0246. The predicted molar refractivity (Wildman–Crippen MR) is 66.8 cm³/mol. The SMILES string of the molecule is O=C(O)CSCCN1C(=O)c2ccccc2C1=O. The van der Waals surface area contributed by atoms with Crippen LogP contribution in [0.2, 0.25) is 0 Å². The van der Waals surface area contributed by atoms with E-state index in [1.807, 2.05) is 0 Å². The molecular weight excluding hydrogens is 254 g/mol. The molecule has 0 saturated carbocycles. The van der Waals surface area contributed by atoms with Crippen molar-refractivity contribution in [2.75, 3.05) is 18.1 Å². The number of hydrogen-bond acceptors (Lipinski definition) is 4. The molecule has 1 aliphatic rings. The number of rotatable bonds is 5. The van der Waals surface area contributed by atoms with E-state index in [2.05, 4.69) is 0 Å². The van der Waals surface area contributed by atoms with Gasteiger partial charge in [0.1, 0.15) is 0 Å². The molecule has 6 heteroatoms. The summed E-state index contributed by atoms with van der Waals surface area (Å²) in [6, 6.07) is 6.68. The lowest BCUT2D eigenvalue weighted by Gasteiger charge is -2.12. The molecule has 0 unspecified atom stereocenters. The molecular formula is C12H11NO4S. The van der Waals surface area contributed by atoms with Gasteiger partial charge >= 0.3 is 5.97 Å². The van der Waals surface area contributed by atoms with E-state index in [9.17, 15) is 14.4 Å². The van der Waals surface area contributed by atoms with E-state index in [1.54, 1.807) is 24.3 Å². The molecule has 0 aromatic heterocycles. The van der Waals surface area contributed by atoms with Crippen LogP contribution in [0.15, 0.2) is 24.3 Å². The van der Waals surface area contributed by atoms with Crippen LogP contribution in [0, 0.1) is 0 Å². The summed E-state index contributed by atoms with van der Waals surface area (Å²) in [6.45, 7) is 0.240. The maximum absolute atomic E-state index is 11.9. The minimum atomic E-state index is -0.901. The van der Waals surface area contributed by atoms with Crippen LogP contribution in [-0.2, 0) is 4.79 Å². The highest BCUT2D eigenvalue weighted by Crippen LogP contribution is 2.22. The zero-order valence-electron chi connectivity index (χ0n) is 9.46. The van der Waals surface area contributed by atoms with Crippen molar-refractivity contribution >= 4 is 29.5 Å². The van der Waals surface area contributed by atoms with Crippen molar-refractivity contribution < 1.29 is 19.5 Å². The molecule has 1 N–H and O–H groups in total. The minimum Gasteiger partial charge on any atom is -0.481 e. The lowest BCUT2D eigenvalue weighted by atomic mass is 10.1. The molecule has 0 saturated heterocycles. The highest BCUT2D eigenvalue weighted by molar-refractivity contribution is 7.99. The van der Waals surface area contributed by atoms with E-state index in [-0.39, 0.29) is 24.1 Å². The topological polar surface area (TPSA) is 74.7 Å². The quantitative estimate of drug-likeness (QED) is 0.637. The fourth-order valence-corrected chi connectivity index (χ4v) is 2.39. The first-order valence-electron chi connectivity index (χ1n) is 5.36. The van der Waals surface area contributed by atoms with E-state index < -0.39 is 5.97 Å². The number of hydrogen-bond donors (Lipinski definition) is 1. The van der Waals surface area contributed by atoms with Crippen molar-refractivity contribution in [3.05, 3.63) is 35.4 Å². The van der Waals surface area contributed by atoms with E-state index >= 15 is 0 Å². The number of benzene rings is 1. The number of aliphatic carboxylic acids is 1. The van der Waals surface area contributed by atoms with E-state index in [0.717, 1.165) is 0 Å². The summed E-state index contributed by atoms with van der Waals surface area (Å²) in [5, 5.41) is 8.48. The zero-order valence-corrected chi connectivity index (χ0v) is 10.3. The molecule has 1 aromatic carbocycles. The van der Waals surface area contributed by atoms with Crippen molar-refractivity contribution in [1.29, 1.82) is 0 Å². The maximum atomic E-state index is 11.9. The Labute approximate surface area is 108 Å². The molecule has 2 rings (SSSR count). The Balaban J connectivity index is 1.99. The maximum Gasteiger partial charge on any atom is 0.313 e. The van der Waals surface area contributed by atoms with Gasteiger partial charge in [-0.25, -0.2) is 0 Å². The summed E-state index contributed by atoms with van der Waals surface area (Å²) < 4.78 is 0. The van der Waals surface area contributed by atoms with Gasteiger partial charge in [0, 0.05) is 12.3 Å². The van der Waals surface area contributed by atoms with Gasteiger partial charge in [-0.3, -0.25) is 19.3 Å². The largest absolute Gasteiger partial charge is 0.481 e. The van der Waals surface area contributed by atoms with Gasteiger partial charge in [0.25, 0.3) is 11.8 Å². The molecule has 1 heterocycles. The third-order valence-corrected chi connectivity index (χ3v) is 3.49. The first-order valence-corrected chi connectivity index (χ1v) is 6.51. The molecule has 0 radical (unpaired) electrons. The van der Waals surface area contributed by atoms with Gasteiger partial charge in [0.15, 0.2) is 0 Å². The van der Waals surface area contributed by atoms with Gasteiger partial charge in [0.2, 0.25) is 0 Å². The Morgan fingerprint density at radius 1 is 1.17 bits per heavy atom.